The summed E-state index contributed by atoms with van der Waals surface area (Å²) >= 11 is 5.47. The molecule has 0 bridgehead atoms. The summed E-state index contributed by atoms with van der Waals surface area (Å²) in [6.45, 7) is 0. The van der Waals surface area contributed by atoms with Gasteiger partial charge in [0, 0.05) is 29.9 Å². The lowest BCUT2D eigenvalue weighted by Gasteiger charge is -2.04. The number of aryl methyl sites for hydroxylation is 1. The molecule has 0 aromatic carbocycles. The molecule has 0 aliphatic heterocycles. The van der Waals surface area contributed by atoms with E-state index in [1.807, 2.05) is 0 Å². The normalized spacial score (nSPS) is 11.6. The van der Waals surface area contributed by atoms with E-state index in [0.717, 1.165) is 5.56 Å². The van der Waals surface area contributed by atoms with E-state index < -0.39 is 10.1 Å². The molecule has 0 spiro atoms. The second-order valence-corrected chi connectivity index (χ2v) is 5.89. The quantitative estimate of drug-likeness (QED) is 0.687. The van der Waals surface area contributed by atoms with Crippen LogP contribution < -0.4 is 4.18 Å². The van der Waals surface area contributed by atoms with Crippen molar-refractivity contribution in [3.8, 4) is 5.75 Å². The Hall–Kier alpha value is -0.990. The first kappa shape index (κ1) is 12.5. The lowest BCUT2D eigenvalue weighted by Crippen LogP contribution is -2.10. The van der Waals surface area contributed by atoms with Crippen LogP contribution in [0.5, 0.6) is 5.75 Å². The minimum Gasteiger partial charge on any atom is -0.377 e. The zero-order valence-electron chi connectivity index (χ0n) is 8.90. The van der Waals surface area contributed by atoms with E-state index in [-0.39, 0.29) is 5.03 Å². The van der Waals surface area contributed by atoms with Gasteiger partial charge in [-0.3, -0.25) is 0 Å². The summed E-state index contributed by atoms with van der Waals surface area (Å²) in [5.74, 6) is 0.743. The van der Waals surface area contributed by atoms with Crippen LogP contribution in [0, 0.1) is 0 Å². The first-order chi connectivity index (χ1) is 8.03. The van der Waals surface area contributed by atoms with Gasteiger partial charge in [0.15, 0.2) is 5.75 Å². The summed E-state index contributed by atoms with van der Waals surface area (Å²) in [4.78, 5) is 3.76. The van der Waals surface area contributed by atoms with E-state index in [9.17, 15) is 8.42 Å². The Bertz CT molecular complexity index is 615. The third-order valence-corrected chi connectivity index (χ3v) is 4.24. The van der Waals surface area contributed by atoms with Crippen molar-refractivity contribution in [1.82, 2.24) is 9.55 Å². The van der Waals surface area contributed by atoms with Crippen LogP contribution in [0.15, 0.2) is 28.3 Å². The molecule has 0 aliphatic carbocycles. The van der Waals surface area contributed by atoms with E-state index in [4.69, 9.17) is 4.18 Å². The Kier molecular flexibility index (Phi) is 3.45. The zero-order valence-corrected chi connectivity index (χ0v) is 11.4. The second kappa shape index (κ2) is 4.71. The number of aromatic nitrogens is 2. The molecule has 0 radical (unpaired) electrons. The van der Waals surface area contributed by atoms with Crippen LogP contribution in [-0.4, -0.2) is 18.0 Å². The van der Waals surface area contributed by atoms with Crippen molar-refractivity contribution in [2.24, 2.45) is 7.05 Å². The molecule has 0 atom stereocenters. The van der Waals surface area contributed by atoms with Gasteiger partial charge >= 0.3 is 10.1 Å². The summed E-state index contributed by atoms with van der Waals surface area (Å²) in [7, 11) is -2.16. The molecule has 0 amide bonds. The van der Waals surface area contributed by atoms with Crippen molar-refractivity contribution in [2.45, 2.75) is 10.8 Å². The maximum atomic E-state index is 11.9. The number of rotatable bonds is 4. The largest absolute Gasteiger partial charge is 0.377 e. The number of hydrogen-bond acceptors (Lipinski definition) is 6. The highest BCUT2D eigenvalue weighted by Crippen LogP contribution is 2.27. The second-order valence-electron chi connectivity index (χ2n) is 3.33. The molecule has 0 unspecified atom stereocenters. The highest BCUT2D eigenvalue weighted by molar-refractivity contribution is 7.87. The molecular formula is C9H10N2O3S3. The van der Waals surface area contributed by atoms with Crippen LogP contribution in [0.2, 0.25) is 0 Å². The minimum absolute atomic E-state index is 0.101. The lowest BCUT2D eigenvalue weighted by molar-refractivity contribution is 0.482. The van der Waals surface area contributed by atoms with Gasteiger partial charge in [-0.05, 0) is 5.38 Å². The van der Waals surface area contributed by atoms with E-state index >= 15 is 0 Å². The topological polar surface area (TPSA) is 61.2 Å². The van der Waals surface area contributed by atoms with Crippen molar-refractivity contribution in [1.29, 1.82) is 0 Å². The SMILES string of the molecule is Cn1cnc(S(=O)(=O)Oc2cscc2CS)c1. The molecule has 0 saturated carbocycles. The van der Waals surface area contributed by atoms with E-state index in [1.54, 1.807) is 22.4 Å². The van der Waals surface area contributed by atoms with Crippen molar-refractivity contribution < 1.29 is 12.6 Å². The van der Waals surface area contributed by atoms with E-state index in [1.165, 1.54) is 23.9 Å². The molecule has 92 valence electrons. The van der Waals surface area contributed by atoms with Crippen LogP contribution in [0.4, 0.5) is 0 Å². The zero-order chi connectivity index (χ0) is 12.5. The molecule has 8 heteroatoms. The molecule has 0 aliphatic rings. The van der Waals surface area contributed by atoms with Crippen molar-refractivity contribution in [3.05, 3.63) is 28.8 Å². The summed E-state index contributed by atoms with van der Waals surface area (Å²) in [5.41, 5.74) is 0.748. The smallest absolute Gasteiger partial charge is 0.358 e. The van der Waals surface area contributed by atoms with Crippen molar-refractivity contribution in [3.63, 3.8) is 0 Å². The van der Waals surface area contributed by atoms with Gasteiger partial charge in [-0.2, -0.15) is 21.0 Å². The maximum absolute atomic E-state index is 11.9. The number of thiol groups is 1. The highest BCUT2D eigenvalue weighted by Gasteiger charge is 2.21. The monoisotopic (exact) mass is 290 g/mol. The Morgan fingerprint density at radius 2 is 2.29 bits per heavy atom. The Morgan fingerprint density at radius 3 is 2.88 bits per heavy atom. The van der Waals surface area contributed by atoms with Crippen molar-refractivity contribution in [2.75, 3.05) is 0 Å². The third kappa shape index (κ3) is 2.64. The first-order valence-corrected chi connectivity index (χ1v) is 7.59. The molecule has 0 fully saturated rings. The Labute approximate surface area is 109 Å². The van der Waals surface area contributed by atoms with Gasteiger partial charge in [-0.25, -0.2) is 4.98 Å². The van der Waals surface area contributed by atoms with Crippen molar-refractivity contribution >= 4 is 34.1 Å². The molecule has 0 N–H and O–H groups in total. The standard InChI is InChI=1S/C9H10N2O3S3/c1-11-2-9(10-6-11)17(12,13)14-8-5-16-4-7(8)3-15/h2,4-6,15H,3H2,1H3. The molecule has 2 rings (SSSR count). The summed E-state index contributed by atoms with van der Waals surface area (Å²) in [6.07, 6.45) is 2.80. The average Bonchev–Trinajstić information content (AvgIpc) is 2.86. The Balaban J connectivity index is 2.29. The van der Waals surface area contributed by atoms with Crippen LogP contribution in [-0.2, 0) is 22.9 Å². The first-order valence-electron chi connectivity index (χ1n) is 4.61. The summed E-state index contributed by atoms with van der Waals surface area (Å²) in [5, 5.41) is 3.33. The molecule has 5 nitrogen and oxygen atoms in total. The number of hydrogen-bond donors (Lipinski definition) is 1. The number of imidazole rings is 1. The average molecular weight is 290 g/mol. The van der Waals surface area contributed by atoms with Gasteiger partial charge in [-0.1, -0.05) is 0 Å². The fourth-order valence-corrected chi connectivity index (χ4v) is 3.31. The van der Waals surface area contributed by atoms with Gasteiger partial charge < -0.3 is 8.75 Å². The van der Waals surface area contributed by atoms with Crippen LogP contribution in [0.25, 0.3) is 0 Å². The minimum atomic E-state index is -3.85. The fraction of sp³-hybridized carbons (Fsp3) is 0.222. The predicted octanol–water partition coefficient (Wildman–Crippen LogP) is 1.68. The summed E-state index contributed by atoms with van der Waals surface area (Å²) in [6, 6.07) is 0. The van der Waals surface area contributed by atoms with Crippen LogP contribution in [0.3, 0.4) is 0 Å². The molecular weight excluding hydrogens is 280 g/mol. The van der Waals surface area contributed by atoms with Crippen LogP contribution >= 0.6 is 24.0 Å². The van der Waals surface area contributed by atoms with E-state index in [2.05, 4.69) is 17.6 Å². The van der Waals surface area contributed by atoms with Crippen LogP contribution in [0.1, 0.15) is 5.56 Å². The molecule has 2 aromatic rings. The Morgan fingerprint density at radius 1 is 1.53 bits per heavy atom. The number of nitrogens with zero attached hydrogens (tertiary/aromatic N) is 2. The number of thiophene rings is 1. The molecule has 17 heavy (non-hydrogen) atoms. The third-order valence-electron chi connectivity index (χ3n) is 2.01. The predicted molar refractivity (Wildman–Crippen MR) is 68.0 cm³/mol. The lowest BCUT2D eigenvalue weighted by atomic mass is 10.4. The molecule has 0 saturated heterocycles. The fourth-order valence-electron chi connectivity index (χ4n) is 1.18. The van der Waals surface area contributed by atoms with Gasteiger partial charge in [0.1, 0.15) is 0 Å². The molecule has 2 aromatic heterocycles. The van der Waals surface area contributed by atoms with Gasteiger partial charge in [0.25, 0.3) is 0 Å². The highest BCUT2D eigenvalue weighted by atomic mass is 32.2. The van der Waals surface area contributed by atoms with E-state index in [0.29, 0.717) is 11.5 Å². The van der Waals surface area contributed by atoms with Gasteiger partial charge in [0.05, 0.1) is 6.33 Å². The maximum Gasteiger partial charge on any atom is 0.358 e. The van der Waals surface area contributed by atoms with Gasteiger partial charge in [0.2, 0.25) is 5.03 Å². The van der Waals surface area contributed by atoms with Gasteiger partial charge in [-0.15, -0.1) is 11.3 Å². The molecule has 2 heterocycles. The summed E-state index contributed by atoms with van der Waals surface area (Å²) < 4.78 is 30.3.